The summed E-state index contributed by atoms with van der Waals surface area (Å²) in [6, 6.07) is 22.3. The van der Waals surface area contributed by atoms with E-state index < -0.39 is 0 Å². The first-order valence-corrected chi connectivity index (χ1v) is 9.96. The zero-order valence-corrected chi connectivity index (χ0v) is 14.5. The van der Waals surface area contributed by atoms with Crippen molar-refractivity contribution in [2.45, 2.75) is 0 Å². The Labute approximate surface area is 139 Å². The van der Waals surface area contributed by atoms with E-state index in [1.807, 2.05) is 0 Å². The van der Waals surface area contributed by atoms with Crippen molar-refractivity contribution in [3.05, 3.63) is 89.8 Å². The van der Waals surface area contributed by atoms with Crippen molar-refractivity contribution < 1.29 is 0 Å². The van der Waals surface area contributed by atoms with Crippen LogP contribution in [0.25, 0.3) is 32.8 Å². The van der Waals surface area contributed by atoms with Gasteiger partial charge in [0.1, 0.15) is 0 Å². The van der Waals surface area contributed by atoms with Crippen LogP contribution in [0.4, 0.5) is 0 Å². The maximum Gasteiger partial charge on any atom is 0.0218 e. The summed E-state index contributed by atoms with van der Waals surface area (Å²) < 4.78 is 0. The quantitative estimate of drug-likeness (QED) is 0.339. The molecule has 1 aliphatic rings. The summed E-state index contributed by atoms with van der Waals surface area (Å²) >= 11 is 0. The van der Waals surface area contributed by atoms with Crippen LogP contribution >= 0.6 is 16.4 Å². The van der Waals surface area contributed by atoms with Gasteiger partial charge in [0, 0.05) is 6.42 Å². The third-order valence-electron chi connectivity index (χ3n) is 4.55. The molecule has 23 heavy (non-hydrogen) atoms. The Balaban J connectivity index is 1.83. The third kappa shape index (κ3) is 2.07. The van der Waals surface area contributed by atoms with E-state index in [9.17, 15) is 0 Å². The first-order chi connectivity index (χ1) is 11.4. The highest BCUT2D eigenvalue weighted by atomic mass is 31.0. The standard InChI is InChI=1S/C21H15P2/c1-2-6-15-14(5-1)13-18-16(15)9-10-17(19-7-3-11-22-19)21(18)20-8-4-12-23-20/h1-13,22-23H. The molecule has 0 saturated heterocycles. The summed E-state index contributed by atoms with van der Waals surface area (Å²) in [5.74, 6) is 4.55. The van der Waals surface area contributed by atoms with E-state index in [4.69, 9.17) is 0 Å². The first-order valence-electron chi connectivity index (χ1n) is 7.80. The van der Waals surface area contributed by atoms with Crippen LogP contribution in [0.5, 0.6) is 0 Å². The molecular weight excluding hydrogens is 314 g/mol. The molecule has 1 aliphatic carbocycles. The van der Waals surface area contributed by atoms with E-state index in [1.54, 1.807) is 0 Å². The van der Waals surface area contributed by atoms with Crippen LogP contribution < -0.4 is 0 Å². The largest absolute Gasteiger partial charge is 0.132 e. The molecule has 2 heterocycles. The summed E-state index contributed by atoms with van der Waals surface area (Å²) in [7, 11) is 1.56. The minimum Gasteiger partial charge on any atom is -0.132 e. The second kappa shape index (κ2) is 5.27. The van der Waals surface area contributed by atoms with Gasteiger partial charge in [-0.25, -0.2) is 0 Å². The van der Waals surface area contributed by atoms with Gasteiger partial charge in [-0.2, -0.15) is 0 Å². The van der Waals surface area contributed by atoms with Gasteiger partial charge in [0.05, 0.1) is 0 Å². The topological polar surface area (TPSA) is 0 Å². The van der Waals surface area contributed by atoms with Crippen LogP contribution in [0.1, 0.15) is 11.1 Å². The molecule has 0 fully saturated rings. The van der Waals surface area contributed by atoms with Crippen LogP contribution in [-0.4, -0.2) is 0 Å². The fraction of sp³-hybridized carbons (Fsp3) is 0. The maximum absolute atomic E-state index is 2.37. The molecule has 2 aromatic heterocycles. The van der Waals surface area contributed by atoms with E-state index >= 15 is 0 Å². The van der Waals surface area contributed by atoms with Gasteiger partial charge in [0.15, 0.2) is 0 Å². The van der Waals surface area contributed by atoms with Crippen LogP contribution in [0, 0.1) is 6.42 Å². The number of benzene rings is 2. The molecular formula is C21H15P2. The van der Waals surface area contributed by atoms with Gasteiger partial charge >= 0.3 is 0 Å². The normalized spacial score (nSPS) is 12.9. The van der Waals surface area contributed by atoms with Crippen LogP contribution in [0.2, 0.25) is 0 Å². The second-order valence-corrected chi connectivity index (χ2v) is 8.17. The average Bonchev–Trinajstić information content (AvgIpc) is 3.33. The van der Waals surface area contributed by atoms with Crippen molar-refractivity contribution in [1.29, 1.82) is 0 Å². The molecule has 0 bridgehead atoms. The van der Waals surface area contributed by atoms with Crippen molar-refractivity contribution >= 4 is 16.4 Å². The Morgan fingerprint density at radius 1 is 0.565 bits per heavy atom. The number of hydrogen-bond donors (Lipinski definition) is 0. The smallest absolute Gasteiger partial charge is 0.0218 e. The van der Waals surface area contributed by atoms with E-state index in [2.05, 4.69) is 78.7 Å². The molecule has 2 heteroatoms. The van der Waals surface area contributed by atoms with E-state index in [1.165, 1.54) is 44.0 Å². The van der Waals surface area contributed by atoms with E-state index in [0.29, 0.717) is 0 Å². The molecule has 0 saturated carbocycles. The highest BCUT2D eigenvalue weighted by Gasteiger charge is 2.24. The maximum atomic E-state index is 2.37. The second-order valence-electron chi connectivity index (χ2n) is 5.85. The molecule has 0 N–H and O–H groups in total. The molecule has 0 aliphatic heterocycles. The van der Waals surface area contributed by atoms with E-state index in [-0.39, 0.29) is 0 Å². The summed E-state index contributed by atoms with van der Waals surface area (Å²) in [6.45, 7) is 0. The summed E-state index contributed by atoms with van der Waals surface area (Å²) in [6.07, 6.45) is 2.37. The minimum atomic E-state index is 0.776. The van der Waals surface area contributed by atoms with E-state index in [0.717, 1.165) is 16.4 Å². The Morgan fingerprint density at radius 2 is 1.30 bits per heavy atom. The minimum absolute atomic E-state index is 0.776. The van der Waals surface area contributed by atoms with Gasteiger partial charge in [-0.05, 0) is 55.6 Å². The summed E-state index contributed by atoms with van der Waals surface area (Å²) in [4.78, 5) is 0. The van der Waals surface area contributed by atoms with Crippen LogP contribution in [0.15, 0.2) is 72.3 Å². The van der Waals surface area contributed by atoms with Gasteiger partial charge in [0.2, 0.25) is 0 Å². The Hall–Kier alpha value is -2.00. The molecule has 0 amide bonds. The predicted molar refractivity (Wildman–Crippen MR) is 104 cm³/mol. The zero-order valence-electron chi connectivity index (χ0n) is 12.5. The van der Waals surface area contributed by atoms with Crippen LogP contribution in [-0.2, 0) is 0 Å². The van der Waals surface area contributed by atoms with Gasteiger partial charge in [0.25, 0.3) is 0 Å². The molecule has 2 atom stereocenters. The molecule has 1 radical (unpaired) electrons. The lowest BCUT2D eigenvalue weighted by Gasteiger charge is -2.13. The van der Waals surface area contributed by atoms with Crippen molar-refractivity contribution in [1.82, 2.24) is 0 Å². The molecule has 5 rings (SSSR count). The van der Waals surface area contributed by atoms with Gasteiger partial charge < -0.3 is 0 Å². The number of hydrogen-bond acceptors (Lipinski definition) is 0. The number of fused-ring (bicyclic) bond motifs is 3. The SMILES string of the molecule is [CH]1c2ccccc2-c2ccc(-c3ccc[pH]3)c(-c3ccc[pH]3)c21. The van der Waals surface area contributed by atoms with Crippen molar-refractivity contribution in [2.24, 2.45) is 0 Å². The summed E-state index contributed by atoms with van der Waals surface area (Å²) in [5.41, 5.74) is 8.36. The average molecular weight is 329 g/mol. The lowest BCUT2D eigenvalue weighted by molar-refractivity contribution is 1.54. The monoisotopic (exact) mass is 329 g/mol. The highest BCUT2D eigenvalue weighted by Crippen LogP contribution is 2.49. The molecule has 2 aromatic carbocycles. The van der Waals surface area contributed by atoms with Gasteiger partial charge in [-0.1, -0.05) is 60.7 Å². The van der Waals surface area contributed by atoms with Gasteiger partial charge in [-0.15, -0.1) is 16.4 Å². The molecule has 0 nitrogen and oxygen atoms in total. The highest BCUT2D eigenvalue weighted by molar-refractivity contribution is 7.34. The molecule has 2 unspecified atom stereocenters. The molecule has 0 spiro atoms. The lowest BCUT2D eigenvalue weighted by Crippen LogP contribution is -1.88. The van der Waals surface area contributed by atoms with Crippen molar-refractivity contribution in [3.63, 3.8) is 0 Å². The van der Waals surface area contributed by atoms with Crippen molar-refractivity contribution in [2.75, 3.05) is 0 Å². The Bertz CT molecular complexity index is 977. The van der Waals surface area contributed by atoms with Crippen LogP contribution in [0.3, 0.4) is 0 Å². The lowest BCUT2D eigenvalue weighted by atomic mass is 9.94. The molecule has 4 aromatic rings. The zero-order chi connectivity index (χ0) is 15.2. The Morgan fingerprint density at radius 3 is 2.09 bits per heavy atom. The fourth-order valence-electron chi connectivity index (χ4n) is 3.53. The van der Waals surface area contributed by atoms with Gasteiger partial charge in [-0.3, -0.25) is 0 Å². The Kier molecular flexibility index (Phi) is 3.08. The third-order valence-corrected chi connectivity index (χ3v) is 6.74. The fourth-order valence-corrected chi connectivity index (χ4v) is 5.43. The summed E-state index contributed by atoms with van der Waals surface area (Å²) in [5, 5.41) is 2.93. The first kappa shape index (κ1) is 13.4. The predicted octanol–water partition coefficient (Wildman–Crippen LogP) is 6.66. The number of rotatable bonds is 2. The molecule has 109 valence electrons. The van der Waals surface area contributed by atoms with Crippen molar-refractivity contribution in [3.8, 4) is 32.8 Å².